The van der Waals surface area contributed by atoms with Crippen molar-refractivity contribution in [2.45, 2.75) is 0 Å². The maximum atomic E-state index is 5.82. The Labute approximate surface area is 97.1 Å². The van der Waals surface area contributed by atoms with Crippen molar-refractivity contribution >= 4 is 21.6 Å². The van der Waals surface area contributed by atoms with E-state index in [1.165, 1.54) is 0 Å². The molecule has 0 bridgehead atoms. The lowest BCUT2D eigenvalue weighted by Crippen LogP contribution is -1.83. The predicted molar refractivity (Wildman–Crippen MR) is 66.1 cm³/mol. The van der Waals surface area contributed by atoms with E-state index in [0.29, 0.717) is 0 Å². The topological polar surface area (TPSA) is 22.1 Å². The van der Waals surface area contributed by atoms with Gasteiger partial charge in [-0.3, -0.25) is 0 Å². The Morgan fingerprint density at radius 1 is 0.938 bits per heavy atom. The van der Waals surface area contributed by atoms with Gasteiger partial charge in [0.15, 0.2) is 0 Å². The number of hydrogen-bond acceptors (Lipinski definition) is 3. The molecule has 0 N–H and O–H groups in total. The molecular formula is C13H9NOS. The molecule has 2 aromatic carbocycles. The molecule has 0 aliphatic carbocycles. The second kappa shape index (κ2) is 3.94. The van der Waals surface area contributed by atoms with Gasteiger partial charge in [0.2, 0.25) is 0 Å². The van der Waals surface area contributed by atoms with Crippen molar-refractivity contribution in [1.29, 1.82) is 0 Å². The lowest BCUT2D eigenvalue weighted by Gasteiger charge is -2.05. The van der Waals surface area contributed by atoms with Gasteiger partial charge in [-0.1, -0.05) is 24.3 Å². The SMILES string of the molecule is c1ccc(Oc2cccc3ncsc23)cc1. The largest absolute Gasteiger partial charge is 0.456 e. The van der Waals surface area contributed by atoms with Crippen LogP contribution in [0.25, 0.3) is 10.2 Å². The first-order valence-corrected chi connectivity index (χ1v) is 5.86. The van der Waals surface area contributed by atoms with Gasteiger partial charge in [0, 0.05) is 0 Å². The first-order valence-electron chi connectivity index (χ1n) is 4.98. The summed E-state index contributed by atoms with van der Waals surface area (Å²) in [6.07, 6.45) is 0. The summed E-state index contributed by atoms with van der Waals surface area (Å²) in [7, 11) is 0. The molecule has 16 heavy (non-hydrogen) atoms. The van der Waals surface area contributed by atoms with Gasteiger partial charge in [0.1, 0.15) is 11.5 Å². The number of hydrogen-bond donors (Lipinski definition) is 0. The molecule has 0 aliphatic rings. The smallest absolute Gasteiger partial charge is 0.146 e. The molecule has 0 unspecified atom stereocenters. The van der Waals surface area contributed by atoms with Gasteiger partial charge < -0.3 is 4.74 Å². The van der Waals surface area contributed by atoms with Crippen LogP contribution in [0.4, 0.5) is 0 Å². The summed E-state index contributed by atoms with van der Waals surface area (Å²) >= 11 is 1.60. The number of nitrogens with zero attached hydrogens (tertiary/aromatic N) is 1. The number of fused-ring (bicyclic) bond motifs is 1. The van der Waals surface area contributed by atoms with E-state index in [-0.39, 0.29) is 0 Å². The van der Waals surface area contributed by atoms with Crippen LogP contribution >= 0.6 is 11.3 Å². The third-order valence-corrected chi connectivity index (χ3v) is 3.15. The molecule has 0 atom stereocenters. The lowest BCUT2D eigenvalue weighted by atomic mass is 10.3. The molecule has 3 rings (SSSR count). The quantitative estimate of drug-likeness (QED) is 0.658. The number of thiazole rings is 1. The van der Waals surface area contributed by atoms with Crippen molar-refractivity contribution in [3.8, 4) is 11.5 Å². The molecule has 0 fully saturated rings. The highest BCUT2D eigenvalue weighted by molar-refractivity contribution is 7.17. The van der Waals surface area contributed by atoms with E-state index in [9.17, 15) is 0 Å². The second-order valence-electron chi connectivity index (χ2n) is 3.37. The fourth-order valence-corrected chi connectivity index (χ4v) is 2.30. The fraction of sp³-hybridized carbons (Fsp3) is 0. The Hall–Kier alpha value is -1.87. The van der Waals surface area contributed by atoms with Crippen LogP contribution in [0.1, 0.15) is 0 Å². The van der Waals surface area contributed by atoms with E-state index < -0.39 is 0 Å². The Morgan fingerprint density at radius 3 is 2.69 bits per heavy atom. The number of para-hydroxylation sites is 1. The molecular weight excluding hydrogens is 218 g/mol. The molecule has 2 nitrogen and oxygen atoms in total. The van der Waals surface area contributed by atoms with Gasteiger partial charge in [-0.25, -0.2) is 4.98 Å². The number of ether oxygens (including phenoxy) is 1. The molecule has 1 aromatic heterocycles. The van der Waals surface area contributed by atoms with Crippen molar-refractivity contribution in [3.05, 3.63) is 54.0 Å². The highest BCUT2D eigenvalue weighted by Gasteiger charge is 2.04. The van der Waals surface area contributed by atoms with Crippen LogP contribution in [0, 0.1) is 0 Å². The summed E-state index contributed by atoms with van der Waals surface area (Å²) in [6, 6.07) is 15.7. The molecule has 0 spiro atoms. The summed E-state index contributed by atoms with van der Waals surface area (Å²) in [5.74, 6) is 1.72. The molecule has 1 heterocycles. The predicted octanol–water partition coefficient (Wildman–Crippen LogP) is 4.09. The monoisotopic (exact) mass is 227 g/mol. The van der Waals surface area contributed by atoms with Crippen molar-refractivity contribution in [1.82, 2.24) is 4.98 Å². The molecule has 0 radical (unpaired) electrons. The van der Waals surface area contributed by atoms with Gasteiger partial charge in [-0.05, 0) is 24.3 Å². The van der Waals surface area contributed by atoms with Crippen LogP contribution < -0.4 is 4.74 Å². The van der Waals surface area contributed by atoms with Gasteiger partial charge in [-0.15, -0.1) is 11.3 Å². The van der Waals surface area contributed by atoms with E-state index in [1.54, 1.807) is 11.3 Å². The fourth-order valence-electron chi connectivity index (χ4n) is 1.56. The van der Waals surface area contributed by atoms with Gasteiger partial charge in [-0.2, -0.15) is 0 Å². The minimum absolute atomic E-state index is 0.850. The van der Waals surface area contributed by atoms with E-state index in [4.69, 9.17) is 4.74 Å². The highest BCUT2D eigenvalue weighted by Crippen LogP contribution is 2.31. The lowest BCUT2D eigenvalue weighted by molar-refractivity contribution is 0.489. The average Bonchev–Trinajstić information content (AvgIpc) is 2.80. The number of rotatable bonds is 2. The van der Waals surface area contributed by atoms with Crippen molar-refractivity contribution in [3.63, 3.8) is 0 Å². The molecule has 3 aromatic rings. The van der Waals surface area contributed by atoms with Crippen LogP contribution in [0.3, 0.4) is 0 Å². The molecule has 78 valence electrons. The first kappa shape index (κ1) is 9.36. The van der Waals surface area contributed by atoms with Crippen molar-refractivity contribution in [2.75, 3.05) is 0 Å². The van der Waals surface area contributed by atoms with Crippen molar-refractivity contribution in [2.24, 2.45) is 0 Å². The standard InChI is InChI=1S/C13H9NOS/c1-2-5-10(6-3-1)15-12-8-4-7-11-13(12)16-9-14-11/h1-9H. The molecule has 0 saturated carbocycles. The maximum absolute atomic E-state index is 5.82. The zero-order valence-corrected chi connectivity index (χ0v) is 9.28. The van der Waals surface area contributed by atoms with E-state index in [0.717, 1.165) is 21.7 Å². The normalized spacial score (nSPS) is 10.5. The maximum Gasteiger partial charge on any atom is 0.146 e. The minimum Gasteiger partial charge on any atom is -0.456 e. The number of aromatic nitrogens is 1. The molecule has 0 saturated heterocycles. The number of benzene rings is 2. The Morgan fingerprint density at radius 2 is 1.81 bits per heavy atom. The summed E-state index contributed by atoms with van der Waals surface area (Å²) in [4.78, 5) is 4.26. The second-order valence-corrected chi connectivity index (χ2v) is 4.23. The zero-order valence-electron chi connectivity index (χ0n) is 8.46. The van der Waals surface area contributed by atoms with Crippen LogP contribution in [0.15, 0.2) is 54.0 Å². The molecule has 0 aliphatic heterocycles. The Bertz CT molecular complexity index is 603. The molecule has 0 amide bonds. The first-order chi connectivity index (χ1) is 7.93. The van der Waals surface area contributed by atoms with Gasteiger partial charge >= 0.3 is 0 Å². The van der Waals surface area contributed by atoms with Gasteiger partial charge in [0.05, 0.1) is 15.7 Å². The minimum atomic E-state index is 0.850. The highest BCUT2D eigenvalue weighted by atomic mass is 32.1. The Kier molecular flexibility index (Phi) is 2.31. The third kappa shape index (κ3) is 1.66. The average molecular weight is 227 g/mol. The summed E-state index contributed by atoms with van der Waals surface area (Å²) < 4.78 is 6.91. The van der Waals surface area contributed by atoms with E-state index in [1.807, 2.05) is 54.0 Å². The molecule has 3 heteroatoms. The summed E-state index contributed by atoms with van der Waals surface area (Å²) in [5, 5.41) is 0. The summed E-state index contributed by atoms with van der Waals surface area (Å²) in [5.41, 5.74) is 2.82. The Balaban J connectivity index is 2.04. The zero-order chi connectivity index (χ0) is 10.8. The van der Waals surface area contributed by atoms with Crippen LogP contribution in [-0.2, 0) is 0 Å². The van der Waals surface area contributed by atoms with E-state index in [2.05, 4.69) is 4.98 Å². The van der Waals surface area contributed by atoms with Crippen LogP contribution in [0.5, 0.6) is 11.5 Å². The van der Waals surface area contributed by atoms with Gasteiger partial charge in [0.25, 0.3) is 0 Å². The van der Waals surface area contributed by atoms with Crippen LogP contribution in [-0.4, -0.2) is 4.98 Å². The van der Waals surface area contributed by atoms with Crippen LogP contribution in [0.2, 0.25) is 0 Å². The van der Waals surface area contributed by atoms with Crippen molar-refractivity contribution < 1.29 is 4.74 Å². The van der Waals surface area contributed by atoms with E-state index >= 15 is 0 Å². The summed E-state index contributed by atoms with van der Waals surface area (Å²) in [6.45, 7) is 0. The third-order valence-electron chi connectivity index (χ3n) is 2.29.